The van der Waals surface area contributed by atoms with Gasteiger partial charge in [0.1, 0.15) is 23.6 Å². The highest BCUT2D eigenvalue weighted by molar-refractivity contribution is 5.97. The van der Waals surface area contributed by atoms with Crippen molar-refractivity contribution in [2.75, 3.05) is 26.2 Å². The summed E-state index contributed by atoms with van der Waals surface area (Å²) in [6.07, 6.45) is 13.2. The fourth-order valence-corrected chi connectivity index (χ4v) is 4.95. The molecule has 7 rings (SSSR count). The quantitative estimate of drug-likeness (QED) is 0.327. The molecule has 6 aromatic rings. The van der Waals surface area contributed by atoms with Crippen LogP contribution >= 0.6 is 0 Å². The normalized spacial score (nSPS) is 14.0. The molecule has 0 saturated carbocycles. The maximum Gasteiger partial charge on any atom is 0.159 e. The Bertz CT molecular complexity index is 1720. The summed E-state index contributed by atoms with van der Waals surface area (Å²) in [5.41, 5.74) is 6.47. The molecule has 0 atom stereocenters. The average Bonchev–Trinajstić information content (AvgIpc) is 3.73. The number of H-pyrrole nitrogens is 2. The van der Waals surface area contributed by atoms with Crippen LogP contribution in [0, 0.1) is 0 Å². The van der Waals surface area contributed by atoms with E-state index in [1.807, 2.05) is 30.3 Å². The number of fused-ring (bicyclic) bond motifs is 2. The molecule has 10 heteroatoms. The van der Waals surface area contributed by atoms with Gasteiger partial charge in [-0.3, -0.25) is 29.9 Å². The third-order valence-corrected chi connectivity index (χ3v) is 6.89. The molecule has 188 valence electrons. The summed E-state index contributed by atoms with van der Waals surface area (Å²) in [4.78, 5) is 28.6. The van der Waals surface area contributed by atoms with E-state index in [-0.39, 0.29) is 0 Å². The van der Waals surface area contributed by atoms with Gasteiger partial charge in [-0.2, -0.15) is 5.10 Å². The molecular formula is C28H25N9O. The molecule has 0 aliphatic carbocycles. The molecule has 1 aliphatic heterocycles. The van der Waals surface area contributed by atoms with Gasteiger partial charge in [0, 0.05) is 41.6 Å². The second-order valence-electron chi connectivity index (χ2n) is 9.38. The summed E-state index contributed by atoms with van der Waals surface area (Å²) in [7, 11) is 0. The Hall–Kier alpha value is -4.70. The maximum absolute atomic E-state index is 6.00. The van der Waals surface area contributed by atoms with E-state index >= 15 is 0 Å². The minimum atomic E-state index is 0.644. The van der Waals surface area contributed by atoms with Crippen molar-refractivity contribution in [2.45, 2.75) is 12.8 Å². The highest BCUT2D eigenvalue weighted by Gasteiger charge is 2.17. The van der Waals surface area contributed by atoms with Gasteiger partial charge in [0.25, 0.3) is 0 Å². The van der Waals surface area contributed by atoms with Crippen LogP contribution in [-0.4, -0.2) is 71.2 Å². The second-order valence-corrected chi connectivity index (χ2v) is 9.38. The SMILES string of the molecule is c1ccc(-c2cncc3[nH]c(-c4n[nH]c5cnc(-c6cncc(OCCN7CCCC7)c6)cc45)nc23)nc1. The number of aromatic nitrogens is 8. The van der Waals surface area contributed by atoms with Gasteiger partial charge in [0.2, 0.25) is 0 Å². The van der Waals surface area contributed by atoms with Gasteiger partial charge in [-0.25, -0.2) is 4.98 Å². The van der Waals surface area contributed by atoms with Crippen LogP contribution in [0.1, 0.15) is 12.8 Å². The summed E-state index contributed by atoms with van der Waals surface area (Å²) < 4.78 is 6.00. The van der Waals surface area contributed by atoms with Crippen molar-refractivity contribution in [3.63, 3.8) is 0 Å². The number of pyridine rings is 4. The summed E-state index contributed by atoms with van der Waals surface area (Å²) in [5.74, 6) is 1.38. The Labute approximate surface area is 218 Å². The number of hydrogen-bond donors (Lipinski definition) is 2. The molecule has 0 spiro atoms. The molecule has 1 aliphatic rings. The predicted molar refractivity (Wildman–Crippen MR) is 144 cm³/mol. The number of likely N-dealkylation sites (tertiary alicyclic amines) is 1. The maximum atomic E-state index is 6.00. The number of rotatable bonds is 7. The minimum Gasteiger partial charge on any atom is -0.491 e. The van der Waals surface area contributed by atoms with Crippen LogP contribution in [0.25, 0.3) is 56.0 Å². The first kappa shape index (κ1) is 22.5. The van der Waals surface area contributed by atoms with Crippen molar-refractivity contribution >= 4 is 21.9 Å². The molecule has 0 aromatic carbocycles. The van der Waals surface area contributed by atoms with Crippen LogP contribution in [-0.2, 0) is 0 Å². The fraction of sp³-hybridized carbons (Fsp3) is 0.214. The van der Waals surface area contributed by atoms with E-state index in [0.29, 0.717) is 18.1 Å². The van der Waals surface area contributed by atoms with E-state index in [1.54, 1.807) is 37.2 Å². The zero-order valence-corrected chi connectivity index (χ0v) is 20.6. The van der Waals surface area contributed by atoms with Gasteiger partial charge in [-0.15, -0.1) is 0 Å². The molecule has 6 aromatic heterocycles. The number of ether oxygens (including phenoxy) is 1. The largest absolute Gasteiger partial charge is 0.491 e. The first-order valence-electron chi connectivity index (χ1n) is 12.7. The van der Waals surface area contributed by atoms with Crippen molar-refractivity contribution in [3.05, 3.63) is 67.5 Å². The predicted octanol–water partition coefficient (Wildman–Crippen LogP) is 4.49. The number of aromatic amines is 2. The molecule has 0 radical (unpaired) electrons. The Morgan fingerprint density at radius 3 is 2.71 bits per heavy atom. The van der Waals surface area contributed by atoms with Crippen LogP contribution in [0.15, 0.2) is 67.5 Å². The van der Waals surface area contributed by atoms with E-state index < -0.39 is 0 Å². The summed E-state index contributed by atoms with van der Waals surface area (Å²) in [6.45, 7) is 3.89. The molecule has 38 heavy (non-hydrogen) atoms. The van der Waals surface area contributed by atoms with Gasteiger partial charge in [0.05, 0.1) is 41.0 Å². The lowest BCUT2D eigenvalue weighted by Gasteiger charge is -2.15. The molecular weight excluding hydrogens is 478 g/mol. The molecule has 7 heterocycles. The van der Waals surface area contributed by atoms with E-state index in [0.717, 1.165) is 69.8 Å². The van der Waals surface area contributed by atoms with Crippen molar-refractivity contribution < 1.29 is 4.74 Å². The molecule has 10 nitrogen and oxygen atoms in total. The lowest BCUT2D eigenvalue weighted by atomic mass is 10.1. The van der Waals surface area contributed by atoms with Crippen molar-refractivity contribution in [2.24, 2.45) is 0 Å². The third-order valence-electron chi connectivity index (χ3n) is 6.89. The summed E-state index contributed by atoms with van der Waals surface area (Å²) in [6, 6.07) is 9.78. The fourth-order valence-electron chi connectivity index (χ4n) is 4.95. The van der Waals surface area contributed by atoms with Crippen LogP contribution in [0.4, 0.5) is 0 Å². The van der Waals surface area contributed by atoms with Crippen LogP contribution in [0.3, 0.4) is 0 Å². The van der Waals surface area contributed by atoms with E-state index in [1.165, 1.54) is 12.8 Å². The van der Waals surface area contributed by atoms with Crippen LogP contribution in [0.5, 0.6) is 5.75 Å². The molecule has 1 fully saturated rings. The minimum absolute atomic E-state index is 0.644. The average molecular weight is 504 g/mol. The number of hydrogen-bond acceptors (Lipinski definition) is 8. The van der Waals surface area contributed by atoms with Crippen molar-refractivity contribution in [1.29, 1.82) is 0 Å². The van der Waals surface area contributed by atoms with Gasteiger partial charge < -0.3 is 9.72 Å². The first-order chi connectivity index (χ1) is 18.8. The smallest absolute Gasteiger partial charge is 0.159 e. The number of nitrogens with zero attached hydrogens (tertiary/aromatic N) is 7. The highest BCUT2D eigenvalue weighted by Crippen LogP contribution is 2.32. The van der Waals surface area contributed by atoms with E-state index in [2.05, 4.69) is 40.0 Å². The lowest BCUT2D eigenvalue weighted by Crippen LogP contribution is -2.25. The van der Waals surface area contributed by atoms with Crippen molar-refractivity contribution in [1.82, 2.24) is 45.0 Å². The molecule has 0 amide bonds. The van der Waals surface area contributed by atoms with Gasteiger partial charge in [-0.05, 0) is 50.2 Å². The number of imidazole rings is 1. The second kappa shape index (κ2) is 9.64. The van der Waals surface area contributed by atoms with Crippen LogP contribution < -0.4 is 4.74 Å². The summed E-state index contributed by atoms with van der Waals surface area (Å²) in [5, 5.41) is 8.53. The van der Waals surface area contributed by atoms with E-state index in [4.69, 9.17) is 9.72 Å². The Morgan fingerprint density at radius 2 is 1.82 bits per heavy atom. The van der Waals surface area contributed by atoms with Crippen molar-refractivity contribution in [3.8, 4) is 39.8 Å². The van der Waals surface area contributed by atoms with Gasteiger partial charge in [0.15, 0.2) is 5.82 Å². The third kappa shape index (κ3) is 4.24. The Kier molecular flexibility index (Phi) is 5.71. The topological polar surface area (TPSA) is 121 Å². The zero-order valence-electron chi connectivity index (χ0n) is 20.6. The molecule has 0 unspecified atom stereocenters. The summed E-state index contributed by atoms with van der Waals surface area (Å²) >= 11 is 0. The first-order valence-corrected chi connectivity index (χ1v) is 12.7. The molecule has 0 bridgehead atoms. The Balaban J connectivity index is 1.20. The monoisotopic (exact) mass is 503 g/mol. The van der Waals surface area contributed by atoms with Gasteiger partial charge >= 0.3 is 0 Å². The molecule has 1 saturated heterocycles. The Morgan fingerprint density at radius 1 is 0.895 bits per heavy atom. The van der Waals surface area contributed by atoms with Gasteiger partial charge in [-0.1, -0.05) is 6.07 Å². The zero-order chi connectivity index (χ0) is 25.3. The standard InChI is InChI=1S/C28H25N9O/c1-2-6-31-22(5-1)21-15-30-16-25-26(21)34-28(33-25)27-20-12-23(32-17-24(20)35-36-27)18-11-19(14-29-13-18)38-10-9-37-7-3-4-8-37/h1-2,5-6,11-17H,3-4,7-10H2,(H,33,34)(H,35,36). The highest BCUT2D eigenvalue weighted by atomic mass is 16.5. The number of nitrogens with one attached hydrogen (secondary N) is 2. The van der Waals surface area contributed by atoms with E-state index in [9.17, 15) is 0 Å². The van der Waals surface area contributed by atoms with Crippen LogP contribution in [0.2, 0.25) is 0 Å². The lowest BCUT2D eigenvalue weighted by molar-refractivity contribution is 0.237. The molecule has 2 N–H and O–H groups in total.